The number of rotatable bonds is 4. The maximum Gasteiger partial charge on any atom is 0.269 e. The van der Waals surface area contributed by atoms with Crippen molar-refractivity contribution in [3.8, 4) is 11.3 Å². The molecule has 0 saturated heterocycles. The fourth-order valence-electron chi connectivity index (χ4n) is 3.02. The van der Waals surface area contributed by atoms with Gasteiger partial charge in [0.25, 0.3) is 5.91 Å². The first kappa shape index (κ1) is 15.6. The zero-order chi connectivity index (χ0) is 17.2. The molecule has 1 atom stereocenters. The van der Waals surface area contributed by atoms with E-state index in [4.69, 9.17) is 0 Å². The average molecular weight is 332 g/mol. The molecule has 4 rings (SSSR count). The van der Waals surface area contributed by atoms with Crippen LogP contribution in [0.3, 0.4) is 0 Å². The molecule has 0 saturated carbocycles. The van der Waals surface area contributed by atoms with Crippen LogP contribution in [-0.4, -0.2) is 22.2 Å². The van der Waals surface area contributed by atoms with Crippen LogP contribution in [0, 0.1) is 6.92 Å². The Labute approximate surface area is 146 Å². The minimum Gasteiger partial charge on any atom is -0.347 e. The van der Waals surface area contributed by atoms with Crippen molar-refractivity contribution >= 4 is 5.91 Å². The van der Waals surface area contributed by atoms with E-state index in [2.05, 4.69) is 46.9 Å². The van der Waals surface area contributed by atoms with E-state index in [1.54, 1.807) is 4.68 Å². The molecule has 0 aliphatic carbocycles. The summed E-state index contributed by atoms with van der Waals surface area (Å²) in [4.78, 5) is 12.2. The van der Waals surface area contributed by atoms with Gasteiger partial charge >= 0.3 is 0 Å². The predicted octanol–water partition coefficient (Wildman–Crippen LogP) is 2.89. The highest BCUT2D eigenvalue weighted by atomic mass is 16.2. The van der Waals surface area contributed by atoms with E-state index in [1.807, 2.05) is 36.4 Å². The van der Waals surface area contributed by atoms with Gasteiger partial charge in [0.05, 0.1) is 12.2 Å². The number of aryl methyl sites for hydroxylation is 1. The molecule has 1 amide bonds. The molecule has 5 nitrogen and oxygen atoms in total. The molecule has 2 heterocycles. The van der Waals surface area contributed by atoms with Gasteiger partial charge in [0.15, 0.2) is 0 Å². The summed E-state index contributed by atoms with van der Waals surface area (Å²) in [5.74, 6) is -0.0800. The van der Waals surface area contributed by atoms with Gasteiger partial charge in [-0.1, -0.05) is 60.2 Å². The first-order valence-corrected chi connectivity index (χ1v) is 8.43. The lowest BCUT2D eigenvalue weighted by Crippen LogP contribution is -2.45. The zero-order valence-electron chi connectivity index (χ0n) is 14.1. The highest BCUT2D eigenvalue weighted by Crippen LogP contribution is 2.23. The fourth-order valence-corrected chi connectivity index (χ4v) is 3.02. The second kappa shape index (κ2) is 6.53. The number of hydrogen-bond acceptors (Lipinski definition) is 3. The van der Waals surface area contributed by atoms with Gasteiger partial charge in [0, 0.05) is 12.1 Å². The van der Waals surface area contributed by atoms with Crippen LogP contribution in [0.5, 0.6) is 0 Å². The topological polar surface area (TPSA) is 59.0 Å². The van der Waals surface area contributed by atoms with E-state index >= 15 is 0 Å². The molecule has 0 spiro atoms. The Morgan fingerprint density at radius 2 is 1.92 bits per heavy atom. The van der Waals surface area contributed by atoms with Crippen LogP contribution in [-0.2, 0) is 6.54 Å². The summed E-state index contributed by atoms with van der Waals surface area (Å²) in [6.07, 6.45) is -0.0629. The van der Waals surface area contributed by atoms with Crippen molar-refractivity contribution in [1.29, 1.82) is 0 Å². The molecule has 1 aromatic heterocycles. The number of amides is 1. The third kappa shape index (κ3) is 3.19. The Kier molecular flexibility index (Phi) is 4.07. The van der Waals surface area contributed by atoms with Gasteiger partial charge in [-0.2, -0.15) is 5.10 Å². The third-order valence-electron chi connectivity index (χ3n) is 4.45. The van der Waals surface area contributed by atoms with Gasteiger partial charge in [-0.15, -0.1) is 0 Å². The molecule has 1 aliphatic rings. The minimum atomic E-state index is -0.0800. The third-order valence-corrected chi connectivity index (χ3v) is 4.45. The molecule has 0 bridgehead atoms. The lowest BCUT2D eigenvalue weighted by atomic mass is 10.1. The maximum absolute atomic E-state index is 12.2. The van der Waals surface area contributed by atoms with Gasteiger partial charge in [-0.3, -0.25) is 10.1 Å². The van der Waals surface area contributed by atoms with Crippen LogP contribution in [0.25, 0.3) is 11.3 Å². The van der Waals surface area contributed by atoms with E-state index in [-0.39, 0.29) is 12.1 Å². The monoisotopic (exact) mass is 332 g/mol. The minimum absolute atomic E-state index is 0.0629. The maximum atomic E-state index is 12.2. The van der Waals surface area contributed by atoms with Crippen molar-refractivity contribution in [1.82, 2.24) is 20.4 Å². The van der Waals surface area contributed by atoms with E-state index in [0.717, 1.165) is 17.8 Å². The van der Waals surface area contributed by atoms with Crippen molar-refractivity contribution in [3.05, 3.63) is 77.5 Å². The lowest BCUT2D eigenvalue weighted by Gasteiger charge is -2.25. The predicted molar refractivity (Wildman–Crippen MR) is 97.1 cm³/mol. The second-order valence-electron chi connectivity index (χ2n) is 6.32. The summed E-state index contributed by atoms with van der Waals surface area (Å²) in [6.45, 7) is 3.30. The molecule has 25 heavy (non-hydrogen) atoms. The summed E-state index contributed by atoms with van der Waals surface area (Å²) in [5, 5.41) is 11.1. The smallest absolute Gasteiger partial charge is 0.269 e. The van der Waals surface area contributed by atoms with Crippen LogP contribution < -0.4 is 10.6 Å². The SMILES string of the molecule is Cc1ccc(-c2cc3n(n2)[C@@H](NCc2ccccc2)CNC3=O)cc1. The number of carbonyl (C=O) groups is 1. The number of aromatic nitrogens is 2. The van der Waals surface area contributed by atoms with Crippen molar-refractivity contribution in [2.24, 2.45) is 0 Å². The summed E-state index contributed by atoms with van der Waals surface area (Å²) in [6, 6.07) is 20.2. The normalized spacial score (nSPS) is 16.4. The molecular weight excluding hydrogens is 312 g/mol. The molecule has 126 valence electrons. The largest absolute Gasteiger partial charge is 0.347 e. The molecular formula is C20H20N4O. The molecule has 0 fully saturated rings. The van der Waals surface area contributed by atoms with E-state index in [0.29, 0.717) is 12.2 Å². The molecule has 2 aromatic carbocycles. The Morgan fingerprint density at radius 3 is 2.68 bits per heavy atom. The van der Waals surface area contributed by atoms with Gasteiger partial charge in [0.2, 0.25) is 0 Å². The summed E-state index contributed by atoms with van der Waals surface area (Å²) in [7, 11) is 0. The number of benzene rings is 2. The fraction of sp³-hybridized carbons (Fsp3) is 0.200. The first-order chi connectivity index (χ1) is 12.2. The van der Waals surface area contributed by atoms with E-state index in [1.165, 1.54) is 11.1 Å². The van der Waals surface area contributed by atoms with Crippen LogP contribution >= 0.6 is 0 Å². The zero-order valence-corrected chi connectivity index (χ0v) is 14.1. The lowest BCUT2D eigenvalue weighted by molar-refractivity contribution is 0.0900. The van der Waals surface area contributed by atoms with E-state index < -0.39 is 0 Å². The van der Waals surface area contributed by atoms with Crippen molar-refractivity contribution in [3.63, 3.8) is 0 Å². The van der Waals surface area contributed by atoms with Crippen LogP contribution in [0.2, 0.25) is 0 Å². The van der Waals surface area contributed by atoms with Crippen molar-refractivity contribution in [2.45, 2.75) is 19.6 Å². The van der Waals surface area contributed by atoms with Gasteiger partial charge in [-0.25, -0.2) is 4.68 Å². The number of nitrogens with zero attached hydrogens (tertiary/aromatic N) is 2. The number of carbonyl (C=O) groups excluding carboxylic acids is 1. The average Bonchev–Trinajstić information content (AvgIpc) is 3.09. The molecule has 5 heteroatoms. The van der Waals surface area contributed by atoms with Crippen molar-refractivity contribution in [2.75, 3.05) is 6.54 Å². The Morgan fingerprint density at radius 1 is 1.16 bits per heavy atom. The van der Waals surface area contributed by atoms with Crippen LogP contribution in [0.4, 0.5) is 0 Å². The molecule has 2 N–H and O–H groups in total. The highest BCUT2D eigenvalue weighted by molar-refractivity contribution is 5.94. The summed E-state index contributed by atoms with van der Waals surface area (Å²) >= 11 is 0. The standard InChI is InChI=1S/C20H20N4O/c1-14-7-9-16(10-8-14)17-11-18-20(25)22-13-19(24(18)23-17)21-12-15-5-3-2-4-6-15/h2-11,19,21H,12-13H2,1H3,(H,22,25)/t19-/m1/s1. The van der Waals surface area contributed by atoms with Gasteiger partial charge in [0.1, 0.15) is 11.9 Å². The van der Waals surface area contributed by atoms with Crippen molar-refractivity contribution < 1.29 is 4.79 Å². The Bertz CT molecular complexity index is 884. The first-order valence-electron chi connectivity index (χ1n) is 8.43. The van der Waals surface area contributed by atoms with Gasteiger partial charge < -0.3 is 5.32 Å². The Balaban J connectivity index is 1.60. The number of nitrogens with one attached hydrogen (secondary N) is 2. The number of hydrogen-bond donors (Lipinski definition) is 2. The number of fused-ring (bicyclic) bond motifs is 1. The van der Waals surface area contributed by atoms with Gasteiger partial charge in [-0.05, 0) is 18.6 Å². The summed E-state index contributed by atoms with van der Waals surface area (Å²) < 4.78 is 1.80. The molecule has 0 unspecified atom stereocenters. The highest BCUT2D eigenvalue weighted by Gasteiger charge is 2.27. The quantitative estimate of drug-likeness (QED) is 0.772. The Hall–Kier alpha value is -2.92. The van der Waals surface area contributed by atoms with Crippen LogP contribution in [0.15, 0.2) is 60.7 Å². The summed E-state index contributed by atoms with van der Waals surface area (Å²) in [5.41, 5.74) is 4.83. The van der Waals surface area contributed by atoms with E-state index in [9.17, 15) is 4.79 Å². The molecule has 3 aromatic rings. The second-order valence-corrected chi connectivity index (χ2v) is 6.32. The van der Waals surface area contributed by atoms with Crippen LogP contribution in [0.1, 0.15) is 27.8 Å². The molecule has 1 aliphatic heterocycles. The molecule has 0 radical (unpaired) electrons.